The lowest BCUT2D eigenvalue weighted by atomic mass is 10.2. The molecule has 0 bridgehead atoms. The number of carbonyl (C=O) groups is 1. The third-order valence-corrected chi connectivity index (χ3v) is 2.38. The van der Waals surface area contributed by atoms with Crippen molar-refractivity contribution in [2.45, 2.75) is 12.8 Å². The second kappa shape index (κ2) is 4.80. The van der Waals surface area contributed by atoms with Gasteiger partial charge in [-0.2, -0.15) is 0 Å². The van der Waals surface area contributed by atoms with Crippen LogP contribution in [0.2, 0.25) is 0 Å². The number of carbonyl (C=O) groups excluding carboxylic acids is 1. The minimum absolute atomic E-state index is 0.381. The van der Waals surface area contributed by atoms with Crippen molar-refractivity contribution < 1.29 is 13.9 Å². The molecule has 0 saturated heterocycles. The smallest absolute Gasteiger partial charge is 0.193 e. The highest BCUT2D eigenvalue weighted by molar-refractivity contribution is 5.74. The maximum absolute atomic E-state index is 13.0. The van der Waals surface area contributed by atoms with Crippen LogP contribution in [0.5, 0.6) is 5.75 Å². The van der Waals surface area contributed by atoms with Crippen LogP contribution in [-0.4, -0.2) is 12.9 Å². The van der Waals surface area contributed by atoms with Gasteiger partial charge in [0.2, 0.25) is 0 Å². The van der Waals surface area contributed by atoms with Gasteiger partial charge in [-0.25, -0.2) is 4.39 Å². The molecule has 1 fully saturated rings. The van der Waals surface area contributed by atoms with Crippen LogP contribution in [0.1, 0.15) is 18.4 Å². The summed E-state index contributed by atoms with van der Waals surface area (Å²) in [6.45, 7) is 0.640. The lowest BCUT2D eigenvalue weighted by molar-refractivity contribution is -0.103. The Balaban J connectivity index is 2.16. The van der Waals surface area contributed by atoms with Crippen molar-refractivity contribution in [3.8, 4) is 17.6 Å². The normalized spacial score (nSPS) is 13.8. The summed E-state index contributed by atoms with van der Waals surface area (Å²) >= 11 is 0. The van der Waals surface area contributed by atoms with Crippen molar-refractivity contribution in [1.29, 1.82) is 0 Å². The molecule has 1 aromatic rings. The fraction of sp³-hybridized carbons (Fsp3) is 0.308. The number of aldehydes is 1. The molecule has 0 heterocycles. The first-order valence-corrected chi connectivity index (χ1v) is 5.17. The molecule has 0 aromatic heterocycles. The summed E-state index contributed by atoms with van der Waals surface area (Å²) in [6.07, 6.45) is 2.86. The van der Waals surface area contributed by atoms with Crippen LogP contribution in [0.4, 0.5) is 4.39 Å². The van der Waals surface area contributed by atoms with E-state index in [1.165, 1.54) is 25.0 Å². The molecular weight excluding hydrogens is 207 g/mol. The number of benzene rings is 1. The molecule has 1 aliphatic carbocycles. The average molecular weight is 218 g/mol. The molecule has 0 aliphatic heterocycles. The Kier molecular flexibility index (Phi) is 3.21. The van der Waals surface area contributed by atoms with Crippen LogP contribution in [0.25, 0.3) is 0 Å². The zero-order valence-corrected chi connectivity index (χ0v) is 8.70. The second-order valence-electron chi connectivity index (χ2n) is 3.78. The van der Waals surface area contributed by atoms with E-state index in [1.54, 1.807) is 6.07 Å². The first kappa shape index (κ1) is 10.7. The predicted octanol–water partition coefficient (Wildman–Crippen LogP) is 2.16. The lowest BCUT2D eigenvalue weighted by Gasteiger charge is -2.07. The van der Waals surface area contributed by atoms with Gasteiger partial charge in [-0.3, -0.25) is 4.79 Å². The third-order valence-electron chi connectivity index (χ3n) is 2.38. The highest BCUT2D eigenvalue weighted by Crippen LogP contribution is 2.30. The zero-order chi connectivity index (χ0) is 11.4. The van der Waals surface area contributed by atoms with Gasteiger partial charge in [0.1, 0.15) is 11.6 Å². The van der Waals surface area contributed by atoms with Gasteiger partial charge in [0.05, 0.1) is 12.2 Å². The number of ether oxygens (including phenoxy) is 1. The van der Waals surface area contributed by atoms with Crippen LogP contribution >= 0.6 is 0 Å². The van der Waals surface area contributed by atoms with Crippen LogP contribution in [-0.2, 0) is 4.79 Å². The molecule has 1 saturated carbocycles. The molecule has 82 valence electrons. The van der Waals surface area contributed by atoms with Crippen molar-refractivity contribution in [2.24, 2.45) is 5.92 Å². The number of rotatable bonds is 3. The van der Waals surface area contributed by atoms with Crippen LogP contribution in [0, 0.1) is 23.6 Å². The zero-order valence-electron chi connectivity index (χ0n) is 8.70. The van der Waals surface area contributed by atoms with Crippen molar-refractivity contribution >= 4 is 6.29 Å². The maximum atomic E-state index is 13.0. The van der Waals surface area contributed by atoms with E-state index in [1.807, 2.05) is 0 Å². The van der Waals surface area contributed by atoms with E-state index in [0.717, 1.165) is 0 Å². The Morgan fingerprint density at radius 1 is 1.50 bits per heavy atom. The molecule has 0 N–H and O–H groups in total. The summed E-state index contributed by atoms with van der Waals surface area (Å²) in [5, 5.41) is 0. The number of hydrogen-bond donors (Lipinski definition) is 0. The van der Waals surface area contributed by atoms with E-state index in [4.69, 9.17) is 4.74 Å². The monoisotopic (exact) mass is 218 g/mol. The molecule has 0 atom stereocenters. The van der Waals surface area contributed by atoms with Gasteiger partial charge >= 0.3 is 0 Å². The van der Waals surface area contributed by atoms with Gasteiger partial charge in [0, 0.05) is 0 Å². The van der Waals surface area contributed by atoms with Gasteiger partial charge in [-0.05, 0) is 42.9 Å². The maximum Gasteiger partial charge on any atom is 0.193 e. The average Bonchev–Trinajstić information content (AvgIpc) is 3.09. The summed E-state index contributed by atoms with van der Waals surface area (Å²) in [5.74, 6) is 5.61. The minimum Gasteiger partial charge on any atom is -0.492 e. The quantitative estimate of drug-likeness (QED) is 0.574. The minimum atomic E-state index is -0.381. The first-order chi connectivity index (χ1) is 7.79. The molecule has 2 rings (SSSR count). The third kappa shape index (κ3) is 2.83. The van der Waals surface area contributed by atoms with Crippen molar-refractivity contribution in [3.63, 3.8) is 0 Å². The topological polar surface area (TPSA) is 26.3 Å². The van der Waals surface area contributed by atoms with E-state index in [-0.39, 0.29) is 5.82 Å². The fourth-order valence-electron chi connectivity index (χ4n) is 1.33. The Morgan fingerprint density at radius 2 is 2.31 bits per heavy atom. The largest absolute Gasteiger partial charge is 0.492 e. The molecule has 1 aromatic carbocycles. The molecule has 1 aliphatic rings. The molecular formula is C13H11FO2. The lowest BCUT2D eigenvalue weighted by Crippen LogP contribution is -2.00. The van der Waals surface area contributed by atoms with Gasteiger partial charge in [0.15, 0.2) is 6.29 Å². The van der Waals surface area contributed by atoms with Crippen molar-refractivity contribution in [3.05, 3.63) is 29.6 Å². The molecule has 0 spiro atoms. The standard InChI is InChI=1S/C13H11FO2/c14-12-5-6-13(16-9-10-3-4-10)11(8-12)2-1-7-15/h5-8,10H,3-4,9H2. The molecule has 3 heteroatoms. The predicted molar refractivity (Wildman–Crippen MR) is 57.6 cm³/mol. The number of halogens is 1. The fourth-order valence-corrected chi connectivity index (χ4v) is 1.33. The molecule has 0 amide bonds. The van der Waals surface area contributed by atoms with Gasteiger partial charge < -0.3 is 4.74 Å². The second-order valence-corrected chi connectivity index (χ2v) is 3.78. The van der Waals surface area contributed by atoms with E-state index >= 15 is 0 Å². The molecule has 16 heavy (non-hydrogen) atoms. The van der Waals surface area contributed by atoms with Gasteiger partial charge in [-0.1, -0.05) is 5.92 Å². The molecule has 0 unspecified atom stereocenters. The summed E-state index contributed by atoms with van der Waals surface area (Å²) in [6, 6.07) is 4.15. The summed E-state index contributed by atoms with van der Waals surface area (Å²) in [4.78, 5) is 10.1. The SMILES string of the molecule is O=CC#Cc1cc(F)ccc1OCC1CC1. The highest BCUT2D eigenvalue weighted by atomic mass is 19.1. The molecule has 2 nitrogen and oxygen atoms in total. The Bertz CT molecular complexity index is 453. The summed E-state index contributed by atoms with van der Waals surface area (Å²) in [5.41, 5.74) is 0.424. The van der Waals surface area contributed by atoms with Crippen molar-refractivity contribution in [2.75, 3.05) is 6.61 Å². The summed E-state index contributed by atoms with van der Waals surface area (Å²) < 4.78 is 18.5. The Morgan fingerprint density at radius 3 is 3.00 bits per heavy atom. The van der Waals surface area contributed by atoms with E-state index < -0.39 is 0 Å². The van der Waals surface area contributed by atoms with Crippen LogP contribution in [0.15, 0.2) is 18.2 Å². The Labute approximate surface area is 93.4 Å². The highest BCUT2D eigenvalue weighted by Gasteiger charge is 2.22. The summed E-state index contributed by atoms with van der Waals surface area (Å²) in [7, 11) is 0. The first-order valence-electron chi connectivity index (χ1n) is 5.17. The van der Waals surface area contributed by atoms with E-state index in [2.05, 4.69) is 11.8 Å². The van der Waals surface area contributed by atoms with E-state index in [0.29, 0.717) is 30.1 Å². The van der Waals surface area contributed by atoms with Gasteiger partial charge in [0.25, 0.3) is 0 Å². The number of hydrogen-bond acceptors (Lipinski definition) is 2. The van der Waals surface area contributed by atoms with E-state index in [9.17, 15) is 9.18 Å². The Hall–Kier alpha value is -1.82. The van der Waals surface area contributed by atoms with Crippen LogP contribution < -0.4 is 4.74 Å². The van der Waals surface area contributed by atoms with Crippen LogP contribution in [0.3, 0.4) is 0 Å². The van der Waals surface area contributed by atoms with Crippen molar-refractivity contribution in [1.82, 2.24) is 0 Å². The molecule has 0 radical (unpaired) electrons. The van der Waals surface area contributed by atoms with Gasteiger partial charge in [-0.15, -0.1) is 0 Å².